The molecule has 0 aliphatic carbocycles. The fourth-order valence-electron chi connectivity index (χ4n) is 4.46. The van der Waals surface area contributed by atoms with E-state index in [0.717, 1.165) is 6.42 Å². The van der Waals surface area contributed by atoms with Gasteiger partial charge in [-0.05, 0) is 50.3 Å². The first-order chi connectivity index (χ1) is 15.0. The van der Waals surface area contributed by atoms with Crippen molar-refractivity contribution >= 4 is 33.5 Å². The molecule has 2 heterocycles. The van der Waals surface area contributed by atoms with E-state index in [1.807, 2.05) is 0 Å². The zero-order chi connectivity index (χ0) is 23.6. The number of esters is 1. The molecule has 0 aromatic heterocycles. The normalized spacial score (nSPS) is 27.2. The minimum absolute atomic E-state index is 0.0146. The zero-order valence-corrected chi connectivity index (χ0v) is 20.5. The van der Waals surface area contributed by atoms with E-state index in [0.29, 0.717) is 24.9 Å². The number of hydrogen-bond donors (Lipinski definition) is 0. The van der Waals surface area contributed by atoms with Gasteiger partial charge in [-0.25, -0.2) is 13.2 Å². The summed E-state index contributed by atoms with van der Waals surface area (Å²) in [6, 6.07) is 3.96. The number of carbonyl (C=O) groups excluding carboxylic acids is 2. The van der Waals surface area contributed by atoms with Crippen molar-refractivity contribution in [2.45, 2.75) is 51.2 Å². The Labute approximate surface area is 194 Å². The molecule has 2 fully saturated rings. The molecule has 32 heavy (non-hydrogen) atoms. The lowest BCUT2D eigenvalue weighted by Gasteiger charge is -2.34. The first-order valence-electron chi connectivity index (χ1n) is 10.9. The van der Waals surface area contributed by atoms with E-state index in [9.17, 15) is 18.0 Å². The first-order valence-corrected chi connectivity index (χ1v) is 12.7. The summed E-state index contributed by atoms with van der Waals surface area (Å²) in [7, 11) is -3.94. The maximum Gasteiger partial charge on any atom is 0.338 e. The standard InChI is InChI=1S/C22H31ClN2O6S/c1-14-7-15(2)10-24(9-14)21(26)13-30-22(27)18-5-6-19(23)20(8-18)32(28,29)25-11-16(3)31-17(4)12-25/h5-6,8,14-17H,7,9-13H2,1-4H3. The number of halogens is 1. The lowest BCUT2D eigenvalue weighted by atomic mass is 9.92. The highest BCUT2D eigenvalue weighted by atomic mass is 35.5. The Kier molecular flexibility index (Phi) is 7.85. The van der Waals surface area contributed by atoms with Gasteiger partial charge in [0.25, 0.3) is 5.91 Å². The van der Waals surface area contributed by atoms with Gasteiger partial charge in [0.2, 0.25) is 10.0 Å². The number of nitrogens with zero attached hydrogens (tertiary/aromatic N) is 2. The molecule has 0 N–H and O–H groups in total. The SMILES string of the molecule is CC1CC(C)CN(C(=O)COC(=O)c2ccc(Cl)c(S(=O)(=O)N3CC(C)OC(C)C3)c2)C1. The van der Waals surface area contributed by atoms with Gasteiger partial charge in [-0.3, -0.25) is 4.79 Å². The van der Waals surface area contributed by atoms with Gasteiger partial charge in [0.15, 0.2) is 6.61 Å². The van der Waals surface area contributed by atoms with E-state index in [1.54, 1.807) is 18.7 Å². The van der Waals surface area contributed by atoms with Gasteiger partial charge >= 0.3 is 5.97 Å². The number of piperidine rings is 1. The number of ether oxygens (including phenoxy) is 2. The molecule has 178 valence electrons. The van der Waals surface area contributed by atoms with Crippen LogP contribution in [-0.4, -0.2) is 74.5 Å². The van der Waals surface area contributed by atoms with E-state index in [2.05, 4.69) is 13.8 Å². The summed E-state index contributed by atoms with van der Waals surface area (Å²) in [5.41, 5.74) is 0.0236. The Hall–Kier alpha value is -1.68. The molecule has 1 aromatic rings. The van der Waals surface area contributed by atoms with Crippen LogP contribution in [0.3, 0.4) is 0 Å². The average Bonchev–Trinajstić information content (AvgIpc) is 2.70. The number of amides is 1. The molecule has 10 heteroatoms. The second kappa shape index (κ2) is 10.1. The van der Waals surface area contributed by atoms with Gasteiger partial charge in [0.05, 0.1) is 22.8 Å². The second-order valence-corrected chi connectivity index (χ2v) is 11.4. The number of carbonyl (C=O) groups is 2. The summed E-state index contributed by atoms with van der Waals surface area (Å²) in [5, 5.41) is 0.0146. The van der Waals surface area contributed by atoms with Crippen molar-refractivity contribution in [2.24, 2.45) is 11.8 Å². The van der Waals surface area contributed by atoms with Crippen LogP contribution < -0.4 is 0 Å². The van der Waals surface area contributed by atoms with E-state index in [-0.39, 0.29) is 53.3 Å². The molecule has 1 amide bonds. The quantitative estimate of drug-likeness (QED) is 0.594. The van der Waals surface area contributed by atoms with Gasteiger partial charge in [0.1, 0.15) is 4.90 Å². The lowest BCUT2D eigenvalue weighted by molar-refractivity contribution is -0.137. The van der Waals surface area contributed by atoms with E-state index in [1.165, 1.54) is 22.5 Å². The summed E-state index contributed by atoms with van der Waals surface area (Å²) in [6.45, 7) is 9.06. The predicted octanol–water partition coefficient (Wildman–Crippen LogP) is 2.80. The summed E-state index contributed by atoms with van der Waals surface area (Å²) < 4.78 is 38.5. The van der Waals surface area contributed by atoms with Gasteiger partial charge in [-0.1, -0.05) is 25.4 Å². The highest BCUT2D eigenvalue weighted by Gasteiger charge is 2.34. The van der Waals surface area contributed by atoms with Crippen molar-refractivity contribution in [3.63, 3.8) is 0 Å². The third kappa shape index (κ3) is 5.81. The number of likely N-dealkylation sites (tertiary alicyclic amines) is 1. The number of benzene rings is 1. The fraction of sp³-hybridized carbons (Fsp3) is 0.636. The van der Waals surface area contributed by atoms with Crippen molar-refractivity contribution in [1.82, 2.24) is 9.21 Å². The Morgan fingerprint density at radius 3 is 2.25 bits per heavy atom. The highest BCUT2D eigenvalue weighted by molar-refractivity contribution is 7.89. The zero-order valence-electron chi connectivity index (χ0n) is 18.9. The highest BCUT2D eigenvalue weighted by Crippen LogP contribution is 2.28. The minimum Gasteiger partial charge on any atom is -0.452 e. The van der Waals surface area contributed by atoms with Crippen molar-refractivity contribution in [2.75, 3.05) is 32.8 Å². The van der Waals surface area contributed by atoms with Crippen LogP contribution in [0.2, 0.25) is 5.02 Å². The molecule has 0 radical (unpaired) electrons. The molecule has 0 spiro atoms. The van der Waals surface area contributed by atoms with Crippen LogP contribution in [0.5, 0.6) is 0 Å². The molecule has 4 unspecified atom stereocenters. The van der Waals surface area contributed by atoms with Crippen molar-refractivity contribution in [1.29, 1.82) is 0 Å². The van der Waals surface area contributed by atoms with E-state index < -0.39 is 16.0 Å². The molecule has 2 aliphatic heterocycles. The molecular formula is C22H31ClN2O6S. The van der Waals surface area contributed by atoms with Crippen LogP contribution >= 0.6 is 11.6 Å². The molecular weight excluding hydrogens is 456 g/mol. The maximum absolute atomic E-state index is 13.2. The molecule has 8 nitrogen and oxygen atoms in total. The second-order valence-electron chi connectivity index (χ2n) is 9.05. The van der Waals surface area contributed by atoms with Crippen LogP contribution in [0, 0.1) is 11.8 Å². The van der Waals surface area contributed by atoms with Gasteiger partial charge in [0, 0.05) is 26.2 Å². The van der Waals surface area contributed by atoms with Crippen molar-refractivity contribution < 1.29 is 27.5 Å². The molecule has 0 bridgehead atoms. The van der Waals surface area contributed by atoms with Gasteiger partial charge < -0.3 is 14.4 Å². The van der Waals surface area contributed by atoms with Crippen LogP contribution in [0.15, 0.2) is 23.1 Å². The molecule has 3 rings (SSSR count). The van der Waals surface area contributed by atoms with Crippen LogP contribution in [0.1, 0.15) is 44.5 Å². The lowest BCUT2D eigenvalue weighted by Crippen LogP contribution is -2.48. The Bertz CT molecular complexity index is 949. The van der Waals surface area contributed by atoms with E-state index in [4.69, 9.17) is 21.1 Å². The van der Waals surface area contributed by atoms with E-state index >= 15 is 0 Å². The van der Waals surface area contributed by atoms with Crippen LogP contribution in [-0.2, 0) is 24.3 Å². The smallest absolute Gasteiger partial charge is 0.338 e. The monoisotopic (exact) mass is 486 g/mol. The molecule has 4 atom stereocenters. The summed E-state index contributed by atoms with van der Waals surface area (Å²) in [4.78, 5) is 26.6. The Morgan fingerprint density at radius 2 is 1.66 bits per heavy atom. The van der Waals surface area contributed by atoms with Gasteiger partial charge in [-0.2, -0.15) is 4.31 Å². The number of rotatable bonds is 5. The predicted molar refractivity (Wildman–Crippen MR) is 120 cm³/mol. The third-order valence-electron chi connectivity index (χ3n) is 5.72. The molecule has 0 saturated carbocycles. The average molecular weight is 487 g/mol. The fourth-order valence-corrected chi connectivity index (χ4v) is 6.55. The Morgan fingerprint density at radius 1 is 1.06 bits per heavy atom. The molecule has 2 saturated heterocycles. The van der Waals surface area contributed by atoms with Gasteiger partial charge in [-0.15, -0.1) is 0 Å². The number of morpholine rings is 1. The summed E-state index contributed by atoms with van der Waals surface area (Å²) in [5.74, 6) is -0.232. The minimum atomic E-state index is -3.94. The maximum atomic E-state index is 13.2. The number of sulfonamides is 1. The van der Waals surface area contributed by atoms with Crippen LogP contribution in [0.25, 0.3) is 0 Å². The third-order valence-corrected chi connectivity index (χ3v) is 8.03. The first kappa shape index (κ1) is 25.0. The van der Waals surface area contributed by atoms with Crippen LogP contribution in [0.4, 0.5) is 0 Å². The number of hydrogen-bond acceptors (Lipinski definition) is 6. The topological polar surface area (TPSA) is 93.2 Å². The largest absolute Gasteiger partial charge is 0.452 e. The summed E-state index contributed by atoms with van der Waals surface area (Å²) in [6.07, 6.45) is 0.546. The molecule has 1 aromatic carbocycles. The van der Waals surface area contributed by atoms with Crippen molar-refractivity contribution in [3.8, 4) is 0 Å². The molecule has 2 aliphatic rings. The Balaban J connectivity index is 1.71. The van der Waals surface area contributed by atoms with Crippen molar-refractivity contribution in [3.05, 3.63) is 28.8 Å². The summed E-state index contributed by atoms with van der Waals surface area (Å²) >= 11 is 6.18.